The fraction of sp³-hybridized carbons (Fsp3) is 0.308. The number of fused-ring (bicyclic) bond motifs is 1. The molecule has 1 aliphatic heterocycles. The molecule has 0 bridgehead atoms. The van der Waals surface area contributed by atoms with Crippen LogP contribution < -0.4 is 10.1 Å². The summed E-state index contributed by atoms with van der Waals surface area (Å²) < 4.78 is 5.42. The molecule has 1 aromatic carbocycles. The zero-order chi connectivity index (χ0) is 14.0. The van der Waals surface area contributed by atoms with E-state index in [1.165, 1.54) is 11.9 Å². The Bertz CT molecular complexity index is 541. The van der Waals surface area contributed by atoms with Crippen LogP contribution in [0, 0.1) is 0 Å². The van der Waals surface area contributed by atoms with Crippen LogP contribution in [0.5, 0.6) is 5.75 Å². The smallest absolute Gasteiger partial charge is 0.286 e. The topological polar surface area (TPSA) is 75.7 Å². The summed E-state index contributed by atoms with van der Waals surface area (Å²) in [6.45, 7) is 1.96. The average Bonchev–Trinajstić information content (AvgIpc) is 2.39. The molecule has 0 aromatic heterocycles. The summed E-state index contributed by atoms with van der Waals surface area (Å²) in [5, 5.41) is 2.73. The van der Waals surface area contributed by atoms with Crippen LogP contribution in [0.3, 0.4) is 0 Å². The first kappa shape index (κ1) is 13.1. The van der Waals surface area contributed by atoms with Gasteiger partial charge in [0.15, 0.2) is 6.10 Å². The van der Waals surface area contributed by atoms with E-state index in [-0.39, 0.29) is 18.7 Å². The number of nitrogens with one attached hydrogen (secondary N) is 1. The van der Waals surface area contributed by atoms with Crippen LogP contribution in [-0.2, 0) is 20.9 Å². The maximum Gasteiger partial charge on any atom is 0.286 e. The minimum absolute atomic E-state index is 0.207. The fourth-order valence-electron chi connectivity index (χ4n) is 1.80. The highest BCUT2D eigenvalue weighted by Gasteiger charge is 2.23. The monoisotopic (exact) mass is 262 g/mol. The molecule has 1 aromatic rings. The van der Waals surface area contributed by atoms with Crippen molar-refractivity contribution in [3.63, 3.8) is 0 Å². The Morgan fingerprint density at radius 3 is 2.95 bits per heavy atom. The number of rotatable bonds is 3. The second-order valence-corrected chi connectivity index (χ2v) is 4.39. The van der Waals surface area contributed by atoms with Gasteiger partial charge in [0.1, 0.15) is 5.75 Å². The van der Waals surface area contributed by atoms with Gasteiger partial charge in [0.25, 0.3) is 11.8 Å². The molecule has 0 saturated heterocycles. The van der Waals surface area contributed by atoms with Crippen LogP contribution in [0.25, 0.3) is 0 Å². The molecule has 1 unspecified atom stereocenters. The van der Waals surface area contributed by atoms with Crippen LogP contribution in [0.2, 0.25) is 0 Å². The predicted octanol–water partition coefficient (Wildman–Crippen LogP) is 0.563. The van der Waals surface area contributed by atoms with E-state index in [0.717, 1.165) is 5.56 Å². The van der Waals surface area contributed by atoms with Gasteiger partial charge in [0.2, 0.25) is 6.29 Å². The van der Waals surface area contributed by atoms with Crippen LogP contribution in [0.15, 0.2) is 18.2 Å². The van der Waals surface area contributed by atoms with Crippen molar-refractivity contribution in [2.45, 2.75) is 19.6 Å². The van der Waals surface area contributed by atoms with Crippen molar-refractivity contribution in [2.24, 2.45) is 0 Å². The number of likely N-dealkylation sites (N-methyl/N-ethyl adjacent to an activating group) is 1. The van der Waals surface area contributed by atoms with E-state index in [1.807, 2.05) is 0 Å². The first-order valence-corrected chi connectivity index (χ1v) is 5.82. The largest absolute Gasteiger partial charge is 0.479 e. The summed E-state index contributed by atoms with van der Waals surface area (Å²) in [4.78, 5) is 34.3. The number of amides is 2. The van der Waals surface area contributed by atoms with Crippen molar-refractivity contribution >= 4 is 23.8 Å². The third kappa shape index (κ3) is 2.73. The lowest BCUT2D eigenvalue weighted by Gasteiger charge is -2.24. The van der Waals surface area contributed by atoms with E-state index in [4.69, 9.17) is 4.74 Å². The molecule has 0 spiro atoms. The first-order chi connectivity index (χ1) is 9.01. The predicted molar refractivity (Wildman–Crippen MR) is 67.7 cm³/mol. The maximum absolute atomic E-state index is 11.5. The number of nitrogens with zero attached hydrogens (tertiary/aromatic N) is 1. The molecule has 0 fully saturated rings. The van der Waals surface area contributed by atoms with Gasteiger partial charge in [-0.25, -0.2) is 0 Å². The van der Waals surface area contributed by atoms with Gasteiger partial charge in [-0.3, -0.25) is 14.4 Å². The summed E-state index contributed by atoms with van der Waals surface area (Å²) in [6, 6.07) is 5.26. The molecule has 0 aliphatic carbocycles. The van der Waals surface area contributed by atoms with Crippen LogP contribution in [-0.4, -0.2) is 36.2 Å². The highest BCUT2D eigenvalue weighted by molar-refractivity contribution is 6.23. The van der Waals surface area contributed by atoms with Crippen molar-refractivity contribution in [1.82, 2.24) is 4.90 Å². The molecule has 1 heterocycles. The molecule has 2 rings (SSSR count). The number of hydrogen-bond acceptors (Lipinski definition) is 4. The summed E-state index contributed by atoms with van der Waals surface area (Å²) in [7, 11) is 1.54. The standard InChI is InChI=1S/C13H14N2O4/c1-8-13(18)14-10-5-9(3-4-11(10)19-8)6-15(2)12(17)7-16/h3-5,7-8H,6H2,1-2H3,(H,14,18). The van der Waals surface area contributed by atoms with Gasteiger partial charge in [0.05, 0.1) is 5.69 Å². The van der Waals surface area contributed by atoms with E-state index in [2.05, 4.69) is 5.32 Å². The molecular formula is C13H14N2O4. The second-order valence-electron chi connectivity index (χ2n) is 4.39. The van der Waals surface area contributed by atoms with Gasteiger partial charge in [-0.15, -0.1) is 0 Å². The second kappa shape index (κ2) is 5.09. The molecule has 6 nitrogen and oxygen atoms in total. The zero-order valence-electron chi connectivity index (χ0n) is 10.7. The highest BCUT2D eigenvalue weighted by Crippen LogP contribution is 2.30. The van der Waals surface area contributed by atoms with Gasteiger partial charge in [0, 0.05) is 13.6 Å². The summed E-state index contributed by atoms with van der Waals surface area (Å²) >= 11 is 0. The van der Waals surface area contributed by atoms with Gasteiger partial charge < -0.3 is 15.0 Å². The third-order valence-corrected chi connectivity index (χ3v) is 2.87. The summed E-state index contributed by atoms with van der Waals surface area (Å²) in [5.41, 5.74) is 1.38. The van der Waals surface area contributed by atoms with Crippen molar-refractivity contribution in [3.8, 4) is 5.75 Å². The molecule has 19 heavy (non-hydrogen) atoms. The molecular weight excluding hydrogens is 248 g/mol. The van der Waals surface area contributed by atoms with E-state index < -0.39 is 12.0 Å². The van der Waals surface area contributed by atoms with Gasteiger partial charge >= 0.3 is 0 Å². The van der Waals surface area contributed by atoms with E-state index in [1.54, 1.807) is 25.1 Å². The lowest BCUT2D eigenvalue weighted by atomic mass is 10.1. The number of anilines is 1. The normalized spacial score (nSPS) is 16.9. The minimum Gasteiger partial charge on any atom is -0.479 e. The van der Waals surface area contributed by atoms with Crippen molar-refractivity contribution in [1.29, 1.82) is 0 Å². The van der Waals surface area contributed by atoms with E-state index in [0.29, 0.717) is 11.4 Å². The van der Waals surface area contributed by atoms with Gasteiger partial charge in [-0.2, -0.15) is 0 Å². The number of benzene rings is 1. The van der Waals surface area contributed by atoms with Crippen molar-refractivity contribution in [2.75, 3.05) is 12.4 Å². The first-order valence-electron chi connectivity index (χ1n) is 5.82. The third-order valence-electron chi connectivity index (χ3n) is 2.87. The fourth-order valence-corrected chi connectivity index (χ4v) is 1.80. The quantitative estimate of drug-likeness (QED) is 0.638. The molecule has 100 valence electrons. The Morgan fingerprint density at radius 1 is 1.53 bits per heavy atom. The van der Waals surface area contributed by atoms with Crippen LogP contribution in [0.4, 0.5) is 5.69 Å². The number of aldehydes is 1. The van der Waals surface area contributed by atoms with E-state index >= 15 is 0 Å². The lowest BCUT2D eigenvalue weighted by molar-refractivity contribution is -0.138. The van der Waals surface area contributed by atoms with Crippen molar-refractivity contribution in [3.05, 3.63) is 23.8 Å². The minimum atomic E-state index is -0.591. The molecule has 0 radical (unpaired) electrons. The Morgan fingerprint density at radius 2 is 2.26 bits per heavy atom. The Kier molecular flexibility index (Phi) is 3.50. The van der Waals surface area contributed by atoms with Crippen molar-refractivity contribution < 1.29 is 19.1 Å². The number of ether oxygens (including phenoxy) is 1. The van der Waals surface area contributed by atoms with Crippen LogP contribution >= 0.6 is 0 Å². The summed E-state index contributed by atoms with van der Waals surface area (Å²) in [5.74, 6) is -0.200. The number of carbonyl (C=O) groups is 3. The zero-order valence-corrected chi connectivity index (χ0v) is 10.7. The Balaban J connectivity index is 2.17. The molecule has 1 atom stereocenters. The number of hydrogen-bond donors (Lipinski definition) is 1. The lowest BCUT2D eigenvalue weighted by Crippen LogP contribution is -2.34. The number of carbonyl (C=O) groups excluding carboxylic acids is 3. The molecule has 6 heteroatoms. The molecule has 0 saturated carbocycles. The molecule has 1 N–H and O–H groups in total. The molecule has 2 amide bonds. The Hall–Kier alpha value is -2.37. The van der Waals surface area contributed by atoms with Gasteiger partial charge in [-0.05, 0) is 24.6 Å². The maximum atomic E-state index is 11.5. The average molecular weight is 262 g/mol. The van der Waals surface area contributed by atoms with E-state index in [9.17, 15) is 14.4 Å². The highest BCUT2D eigenvalue weighted by atomic mass is 16.5. The molecule has 1 aliphatic rings. The SMILES string of the molecule is CC1Oc2ccc(CN(C)C(=O)C=O)cc2NC1=O. The van der Waals surface area contributed by atoms with Crippen LogP contribution in [0.1, 0.15) is 12.5 Å². The Labute approximate surface area is 110 Å². The van der Waals surface area contributed by atoms with Gasteiger partial charge in [-0.1, -0.05) is 6.07 Å². The summed E-state index contributed by atoms with van der Waals surface area (Å²) in [6.07, 6.45) is -0.247.